The van der Waals surface area contributed by atoms with Crippen molar-refractivity contribution in [2.75, 3.05) is 5.32 Å². The summed E-state index contributed by atoms with van der Waals surface area (Å²) in [5.41, 5.74) is 0.424. The summed E-state index contributed by atoms with van der Waals surface area (Å²) in [5, 5.41) is 5.32. The second-order valence-electron chi connectivity index (χ2n) is 3.56. The zero-order valence-electron chi connectivity index (χ0n) is 9.08. The molecule has 16 heavy (non-hydrogen) atoms. The van der Waals surface area contributed by atoms with E-state index in [0.29, 0.717) is 10.7 Å². The third-order valence-corrected chi connectivity index (χ3v) is 2.08. The van der Waals surface area contributed by atoms with E-state index < -0.39 is 11.8 Å². The highest BCUT2D eigenvalue weighted by Crippen LogP contribution is 2.20. The molecule has 1 aromatic carbocycles. The lowest BCUT2D eigenvalue weighted by Crippen LogP contribution is -2.39. The van der Waals surface area contributed by atoms with Crippen molar-refractivity contribution in [3.05, 3.63) is 29.3 Å². The van der Waals surface area contributed by atoms with E-state index in [0.717, 1.165) is 0 Å². The van der Waals surface area contributed by atoms with Gasteiger partial charge in [-0.05, 0) is 26.0 Å². The van der Waals surface area contributed by atoms with Crippen LogP contribution in [-0.4, -0.2) is 17.9 Å². The fraction of sp³-hybridized carbons (Fsp3) is 0.273. The molecule has 0 fully saturated rings. The predicted molar refractivity (Wildman–Crippen MR) is 63.4 cm³/mol. The van der Waals surface area contributed by atoms with E-state index >= 15 is 0 Å². The average molecular weight is 241 g/mol. The Balaban J connectivity index is 2.65. The van der Waals surface area contributed by atoms with Crippen LogP contribution in [0.25, 0.3) is 0 Å². The van der Waals surface area contributed by atoms with E-state index in [9.17, 15) is 9.59 Å². The lowest BCUT2D eigenvalue weighted by molar-refractivity contribution is -0.136. The Labute approximate surface area is 99.0 Å². The first-order chi connectivity index (χ1) is 7.50. The van der Waals surface area contributed by atoms with Gasteiger partial charge in [-0.3, -0.25) is 9.59 Å². The molecule has 4 nitrogen and oxygen atoms in total. The Bertz CT molecular complexity index is 405. The number of nitrogens with one attached hydrogen (secondary N) is 2. The van der Waals surface area contributed by atoms with E-state index in [2.05, 4.69) is 10.6 Å². The van der Waals surface area contributed by atoms with Crippen LogP contribution in [0.15, 0.2) is 24.3 Å². The van der Waals surface area contributed by atoms with Crippen LogP contribution < -0.4 is 10.6 Å². The summed E-state index contributed by atoms with van der Waals surface area (Å²) in [4.78, 5) is 22.7. The van der Waals surface area contributed by atoms with Crippen LogP contribution >= 0.6 is 11.6 Å². The molecular formula is C11H13ClN2O2. The van der Waals surface area contributed by atoms with E-state index in [-0.39, 0.29) is 6.04 Å². The van der Waals surface area contributed by atoms with E-state index in [1.165, 1.54) is 0 Å². The molecule has 0 aliphatic carbocycles. The molecule has 0 saturated heterocycles. The van der Waals surface area contributed by atoms with Crippen molar-refractivity contribution in [1.29, 1.82) is 0 Å². The summed E-state index contributed by atoms with van der Waals surface area (Å²) in [6, 6.07) is 6.65. The van der Waals surface area contributed by atoms with Gasteiger partial charge in [0, 0.05) is 6.04 Å². The van der Waals surface area contributed by atoms with E-state index in [4.69, 9.17) is 11.6 Å². The molecule has 0 aromatic heterocycles. The minimum atomic E-state index is -0.721. The van der Waals surface area contributed by atoms with Crippen molar-refractivity contribution >= 4 is 29.1 Å². The van der Waals surface area contributed by atoms with Crippen LogP contribution in [0.5, 0.6) is 0 Å². The van der Waals surface area contributed by atoms with Crippen molar-refractivity contribution in [1.82, 2.24) is 5.32 Å². The Morgan fingerprint density at radius 1 is 1.19 bits per heavy atom. The predicted octanol–water partition coefficient (Wildman–Crippen LogP) is 1.80. The number of para-hydroxylation sites is 1. The summed E-state index contributed by atoms with van der Waals surface area (Å²) >= 11 is 5.83. The van der Waals surface area contributed by atoms with Gasteiger partial charge < -0.3 is 10.6 Å². The third-order valence-electron chi connectivity index (χ3n) is 1.75. The highest BCUT2D eigenvalue weighted by Gasteiger charge is 2.15. The van der Waals surface area contributed by atoms with Crippen molar-refractivity contribution in [3.63, 3.8) is 0 Å². The zero-order chi connectivity index (χ0) is 12.1. The standard InChI is InChI=1S/C11H13ClN2O2/c1-7(2)13-10(15)11(16)14-9-6-4-3-5-8(9)12/h3-7H,1-2H3,(H,13,15)(H,14,16). The number of benzene rings is 1. The smallest absolute Gasteiger partial charge is 0.313 e. The minimum Gasteiger partial charge on any atom is -0.346 e. The number of rotatable bonds is 2. The quantitative estimate of drug-likeness (QED) is 0.775. The minimum absolute atomic E-state index is 0.0792. The van der Waals surface area contributed by atoms with Crippen molar-refractivity contribution in [3.8, 4) is 0 Å². The van der Waals surface area contributed by atoms with Crippen LogP contribution in [0.2, 0.25) is 5.02 Å². The molecule has 0 saturated carbocycles. The molecule has 0 spiro atoms. The molecule has 5 heteroatoms. The molecule has 0 aliphatic heterocycles. The van der Waals surface area contributed by atoms with Gasteiger partial charge in [-0.2, -0.15) is 0 Å². The first kappa shape index (κ1) is 12.5. The number of hydrogen-bond acceptors (Lipinski definition) is 2. The number of halogens is 1. The second kappa shape index (κ2) is 5.51. The Kier molecular flexibility index (Phi) is 4.31. The second-order valence-corrected chi connectivity index (χ2v) is 3.97. The fourth-order valence-corrected chi connectivity index (χ4v) is 1.25. The average Bonchev–Trinajstić information content (AvgIpc) is 2.20. The van der Waals surface area contributed by atoms with Gasteiger partial charge in [0.1, 0.15) is 0 Å². The van der Waals surface area contributed by atoms with Crippen molar-refractivity contribution in [2.24, 2.45) is 0 Å². The topological polar surface area (TPSA) is 58.2 Å². The van der Waals surface area contributed by atoms with Crippen LogP contribution in [0, 0.1) is 0 Å². The Hall–Kier alpha value is -1.55. The van der Waals surface area contributed by atoms with Gasteiger partial charge in [0.15, 0.2) is 0 Å². The fourth-order valence-electron chi connectivity index (χ4n) is 1.07. The SMILES string of the molecule is CC(C)NC(=O)C(=O)Nc1ccccc1Cl. The Morgan fingerprint density at radius 2 is 1.81 bits per heavy atom. The summed E-state index contributed by atoms with van der Waals surface area (Å²) < 4.78 is 0. The van der Waals surface area contributed by atoms with Gasteiger partial charge >= 0.3 is 11.8 Å². The third kappa shape index (κ3) is 3.55. The molecule has 2 amide bonds. The first-order valence-corrected chi connectivity index (χ1v) is 5.25. The zero-order valence-corrected chi connectivity index (χ0v) is 9.84. The number of anilines is 1. The molecule has 2 N–H and O–H groups in total. The summed E-state index contributed by atoms with van der Waals surface area (Å²) in [6.07, 6.45) is 0. The molecule has 0 unspecified atom stereocenters. The molecule has 0 atom stereocenters. The van der Waals surface area contributed by atoms with Gasteiger partial charge in [0.05, 0.1) is 10.7 Å². The number of amides is 2. The molecule has 0 bridgehead atoms. The molecule has 0 radical (unpaired) electrons. The number of hydrogen-bond donors (Lipinski definition) is 2. The van der Waals surface area contributed by atoms with E-state index in [1.807, 2.05) is 0 Å². The molecule has 86 valence electrons. The van der Waals surface area contributed by atoms with E-state index in [1.54, 1.807) is 38.1 Å². The number of carbonyl (C=O) groups is 2. The first-order valence-electron chi connectivity index (χ1n) is 4.87. The van der Waals surface area contributed by atoms with Crippen LogP contribution in [-0.2, 0) is 9.59 Å². The highest BCUT2D eigenvalue weighted by molar-refractivity contribution is 6.41. The summed E-state index contributed by atoms with van der Waals surface area (Å²) in [5.74, 6) is -1.39. The largest absolute Gasteiger partial charge is 0.346 e. The monoisotopic (exact) mass is 240 g/mol. The lowest BCUT2D eigenvalue weighted by atomic mass is 10.3. The van der Waals surface area contributed by atoms with Gasteiger partial charge in [-0.1, -0.05) is 23.7 Å². The molecule has 1 rings (SSSR count). The highest BCUT2D eigenvalue weighted by atomic mass is 35.5. The summed E-state index contributed by atoms with van der Waals surface area (Å²) in [6.45, 7) is 3.56. The summed E-state index contributed by atoms with van der Waals surface area (Å²) in [7, 11) is 0. The lowest BCUT2D eigenvalue weighted by Gasteiger charge is -2.09. The maximum atomic E-state index is 11.4. The molecule has 0 aliphatic rings. The van der Waals surface area contributed by atoms with Gasteiger partial charge in [0.25, 0.3) is 0 Å². The maximum absolute atomic E-state index is 11.4. The Morgan fingerprint density at radius 3 is 2.38 bits per heavy atom. The van der Waals surface area contributed by atoms with Gasteiger partial charge in [0.2, 0.25) is 0 Å². The van der Waals surface area contributed by atoms with Gasteiger partial charge in [-0.25, -0.2) is 0 Å². The molecule has 1 aromatic rings. The van der Waals surface area contributed by atoms with Crippen molar-refractivity contribution < 1.29 is 9.59 Å². The van der Waals surface area contributed by atoms with Gasteiger partial charge in [-0.15, -0.1) is 0 Å². The number of carbonyl (C=O) groups excluding carboxylic acids is 2. The van der Waals surface area contributed by atoms with Crippen LogP contribution in [0.4, 0.5) is 5.69 Å². The van der Waals surface area contributed by atoms with Crippen LogP contribution in [0.1, 0.15) is 13.8 Å². The maximum Gasteiger partial charge on any atom is 0.313 e. The molecule has 0 heterocycles. The van der Waals surface area contributed by atoms with Crippen molar-refractivity contribution in [2.45, 2.75) is 19.9 Å². The normalized spacial score (nSPS) is 10.0. The molecular weight excluding hydrogens is 228 g/mol. The van der Waals surface area contributed by atoms with Crippen LogP contribution in [0.3, 0.4) is 0 Å².